The lowest BCUT2D eigenvalue weighted by atomic mass is 9.85. The van der Waals surface area contributed by atoms with Crippen LogP contribution in [0.3, 0.4) is 0 Å². The zero-order valence-corrected chi connectivity index (χ0v) is 22.2. The molecule has 0 saturated heterocycles. The maximum atomic E-state index is 13.2. The molecule has 2 aromatic carbocycles. The van der Waals surface area contributed by atoms with Crippen molar-refractivity contribution in [2.75, 3.05) is 6.61 Å². The standard InChI is InChI=1S/C30H40N2O5/c1-30(2,3)27(32-26(33)19-21-10-6-4-7-11-21)28(34)31-25(29(35)36)18-22-14-16-24(17-15-22)37-20-23-12-8-5-9-13-23/h4,6-7,10-11,14-17,23,25,27H,5,8-9,12-13,18-20H2,1-3H3,(H,31,34)(H,32,33)(H,35,36)/t25?,27-/m1/s1. The van der Waals surface area contributed by atoms with Crippen LogP contribution in [0, 0.1) is 11.3 Å². The van der Waals surface area contributed by atoms with E-state index in [0.717, 1.165) is 16.9 Å². The first-order valence-electron chi connectivity index (χ1n) is 13.2. The molecule has 0 bridgehead atoms. The molecule has 0 spiro atoms. The summed E-state index contributed by atoms with van der Waals surface area (Å²) in [6.07, 6.45) is 6.52. The number of aliphatic carboxylic acids is 1. The van der Waals surface area contributed by atoms with E-state index in [-0.39, 0.29) is 18.7 Å². The van der Waals surface area contributed by atoms with Crippen LogP contribution in [0.25, 0.3) is 0 Å². The first-order valence-corrected chi connectivity index (χ1v) is 13.2. The second kappa shape index (κ2) is 13.3. The smallest absolute Gasteiger partial charge is 0.326 e. The van der Waals surface area contributed by atoms with E-state index in [4.69, 9.17) is 4.74 Å². The van der Waals surface area contributed by atoms with Gasteiger partial charge in [0.15, 0.2) is 0 Å². The minimum atomic E-state index is -1.13. The van der Waals surface area contributed by atoms with Gasteiger partial charge < -0.3 is 20.5 Å². The molecule has 0 radical (unpaired) electrons. The van der Waals surface area contributed by atoms with Gasteiger partial charge in [0, 0.05) is 6.42 Å². The Bertz CT molecular complexity index is 1020. The summed E-state index contributed by atoms with van der Waals surface area (Å²) < 4.78 is 5.94. The average Bonchev–Trinajstić information content (AvgIpc) is 2.87. The van der Waals surface area contributed by atoms with Gasteiger partial charge in [-0.15, -0.1) is 0 Å². The zero-order valence-electron chi connectivity index (χ0n) is 22.2. The van der Waals surface area contributed by atoms with Gasteiger partial charge in [0.25, 0.3) is 0 Å². The predicted octanol–water partition coefficient (Wildman–Crippen LogP) is 4.53. The van der Waals surface area contributed by atoms with Crippen molar-refractivity contribution < 1.29 is 24.2 Å². The highest BCUT2D eigenvalue weighted by Crippen LogP contribution is 2.25. The highest BCUT2D eigenvalue weighted by molar-refractivity contribution is 5.91. The van der Waals surface area contributed by atoms with E-state index in [1.807, 2.05) is 75.4 Å². The summed E-state index contributed by atoms with van der Waals surface area (Å²) in [7, 11) is 0. The Balaban J connectivity index is 1.58. The highest BCUT2D eigenvalue weighted by Gasteiger charge is 2.35. The van der Waals surface area contributed by atoms with E-state index in [2.05, 4.69) is 10.6 Å². The minimum Gasteiger partial charge on any atom is -0.493 e. The van der Waals surface area contributed by atoms with Crippen LogP contribution in [0.1, 0.15) is 64.0 Å². The number of amides is 2. The molecular formula is C30H40N2O5. The zero-order chi connectivity index (χ0) is 26.8. The van der Waals surface area contributed by atoms with Crippen molar-refractivity contribution >= 4 is 17.8 Å². The predicted molar refractivity (Wildman–Crippen MR) is 143 cm³/mol. The third-order valence-corrected chi connectivity index (χ3v) is 6.83. The van der Waals surface area contributed by atoms with Crippen LogP contribution in [-0.2, 0) is 27.2 Å². The molecule has 0 aromatic heterocycles. The topological polar surface area (TPSA) is 105 Å². The Morgan fingerprint density at radius 1 is 0.919 bits per heavy atom. The molecule has 1 saturated carbocycles. The van der Waals surface area contributed by atoms with Gasteiger partial charge in [-0.05, 0) is 47.4 Å². The number of benzene rings is 2. The number of hydrogen-bond acceptors (Lipinski definition) is 4. The fourth-order valence-corrected chi connectivity index (χ4v) is 4.65. The summed E-state index contributed by atoms with van der Waals surface area (Å²) >= 11 is 0. The number of ether oxygens (including phenoxy) is 1. The molecule has 0 aliphatic heterocycles. The van der Waals surface area contributed by atoms with Gasteiger partial charge in [-0.2, -0.15) is 0 Å². The summed E-state index contributed by atoms with van der Waals surface area (Å²) in [6, 6.07) is 14.6. The Hall–Kier alpha value is -3.35. The Labute approximate surface area is 220 Å². The molecule has 200 valence electrons. The van der Waals surface area contributed by atoms with E-state index in [0.29, 0.717) is 12.5 Å². The van der Waals surface area contributed by atoms with E-state index in [9.17, 15) is 19.5 Å². The molecule has 37 heavy (non-hydrogen) atoms. The molecule has 0 heterocycles. The molecule has 2 aromatic rings. The molecule has 1 fully saturated rings. The van der Waals surface area contributed by atoms with Crippen LogP contribution in [-0.4, -0.2) is 41.6 Å². The third kappa shape index (κ3) is 9.23. The van der Waals surface area contributed by atoms with Crippen molar-refractivity contribution in [1.82, 2.24) is 10.6 Å². The van der Waals surface area contributed by atoms with Crippen molar-refractivity contribution in [2.24, 2.45) is 11.3 Å². The number of hydrogen-bond donors (Lipinski definition) is 3. The van der Waals surface area contributed by atoms with Gasteiger partial charge in [-0.3, -0.25) is 9.59 Å². The Kier molecular flexibility index (Phi) is 10.1. The van der Waals surface area contributed by atoms with Gasteiger partial charge >= 0.3 is 5.97 Å². The van der Waals surface area contributed by atoms with Crippen LogP contribution < -0.4 is 15.4 Å². The molecular weight excluding hydrogens is 468 g/mol. The second-order valence-electron chi connectivity index (χ2n) is 11.1. The lowest BCUT2D eigenvalue weighted by Gasteiger charge is -2.31. The van der Waals surface area contributed by atoms with Crippen LogP contribution in [0.5, 0.6) is 5.75 Å². The van der Waals surface area contributed by atoms with E-state index in [1.54, 1.807) is 0 Å². The van der Waals surface area contributed by atoms with Crippen molar-refractivity contribution in [3.63, 3.8) is 0 Å². The number of carboxylic acids is 1. The van der Waals surface area contributed by atoms with Crippen LogP contribution in [0.4, 0.5) is 0 Å². The summed E-state index contributed by atoms with van der Waals surface area (Å²) in [5, 5.41) is 15.2. The first-order chi connectivity index (χ1) is 17.6. The number of nitrogens with one attached hydrogen (secondary N) is 2. The van der Waals surface area contributed by atoms with Gasteiger partial charge in [0.2, 0.25) is 11.8 Å². The number of rotatable bonds is 11. The molecule has 1 unspecified atom stereocenters. The lowest BCUT2D eigenvalue weighted by Crippen LogP contribution is -2.57. The minimum absolute atomic E-state index is 0.124. The largest absolute Gasteiger partial charge is 0.493 e. The summed E-state index contributed by atoms with van der Waals surface area (Å²) in [5.74, 6) is -0.580. The Morgan fingerprint density at radius 3 is 2.16 bits per heavy atom. The molecule has 1 aliphatic carbocycles. The van der Waals surface area contributed by atoms with Crippen molar-refractivity contribution in [3.05, 3.63) is 65.7 Å². The fourth-order valence-electron chi connectivity index (χ4n) is 4.65. The van der Waals surface area contributed by atoms with E-state index < -0.39 is 29.4 Å². The molecule has 3 rings (SSSR count). The highest BCUT2D eigenvalue weighted by atomic mass is 16.5. The van der Waals surface area contributed by atoms with Crippen molar-refractivity contribution in [1.29, 1.82) is 0 Å². The quantitative estimate of drug-likeness (QED) is 0.414. The second-order valence-corrected chi connectivity index (χ2v) is 11.1. The van der Waals surface area contributed by atoms with Crippen molar-refractivity contribution in [3.8, 4) is 5.75 Å². The maximum Gasteiger partial charge on any atom is 0.326 e. The molecule has 7 nitrogen and oxygen atoms in total. The van der Waals surface area contributed by atoms with E-state index >= 15 is 0 Å². The van der Waals surface area contributed by atoms with Gasteiger partial charge in [-0.1, -0.05) is 82.5 Å². The number of carboxylic acid groups (broad SMARTS) is 1. The SMILES string of the molecule is CC(C)(C)[C@H](NC(=O)Cc1ccccc1)C(=O)NC(Cc1ccc(OCC2CCCCC2)cc1)C(=O)O. The monoisotopic (exact) mass is 508 g/mol. The average molecular weight is 509 g/mol. The van der Waals surface area contributed by atoms with Crippen LogP contribution in [0.15, 0.2) is 54.6 Å². The Morgan fingerprint density at radius 2 is 1.57 bits per heavy atom. The third-order valence-electron chi connectivity index (χ3n) is 6.83. The fraction of sp³-hybridized carbons (Fsp3) is 0.500. The molecule has 7 heteroatoms. The summed E-state index contributed by atoms with van der Waals surface area (Å²) in [5.41, 5.74) is 0.998. The van der Waals surface area contributed by atoms with Gasteiger partial charge in [-0.25, -0.2) is 4.79 Å². The lowest BCUT2D eigenvalue weighted by molar-refractivity contribution is -0.142. The number of carbonyl (C=O) groups is 3. The summed E-state index contributed by atoms with van der Waals surface area (Å²) in [4.78, 5) is 37.8. The summed E-state index contributed by atoms with van der Waals surface area (Å²) in [6.45, 7) is 6.21. The van der Waals surface area contributed by atoms with E-state index in [1.165, 1.54) is 32.1 Å². The normalized spacial score (nSPS) is 15.9. The van der Waals surface area contributed by atoms with Crippen molar-refractivity contribution in [2.45, 2.75) is 77.8 Å². The molecule has 2 amide bonds. The molecule has 3 N–H and O–H groups in total. The molecule has 1 aliphatic rings. The van der Waals surface area contributed by atoms with Crippen LogP contribution in [0.2, 0.25) is 0 Å². The van der Waals surface area contributed by atoms with Crippen LogP contribution >= 0.6 is 0 Å². The van der Waals surface area contributed by atoms with Gasteiger partial charge in [0.1, 0.15) is 17.8 Å². The molecule has 2 atom stereocenters. The number of carbonyl (C=O) groups excluding carboxylic acids is 2. The van der Waals surface area contributed by atoms with Gasteiger partial charge in [0.05, 0.1) is 13.0 Å². The first kappa shape index (κ1) is 28.2. The maximum absolute atomic E-state index is 13.2.